The third-order valence-corrected chi connectivity index (χ3v) is 4.12. The van der Waals surface area contributed by atoms with E-state index in [4.69, 9.17) is 0 Å². The van der Waals surface area contributed by atoms with E-state index in [0.717, 1.165) is 19.4 Å². The summed E-state index contributed by atoms with van der Waals surface area (Å²) in [6.45, 7) is 1.68. The van der Waals surface area contributed by atoms with Crippen molar-refractivity contribution in [2.24, 2.45) is 0 Å². The Balaban J connectivity index is 1.54. The number of hydrogen-bond acceptors (Lipinski definition) is 2. The van der Waals surface area contributed by atoms with Crippen molar-refractivity contribution < 1.29 is 9.18 Å². The lowest BCUT2D eigenvalue weighted by Crippen LogP contribution is -2.28. The number of anilines is 1. The molecule has 1 fully saturated rings. The van der Waals surface area contributed by atoms with Crippen LogP contribution in [0.5, 0.6) is 0 Å². The third kappa shape index (κ3) is 3.36. The molecule has 1 atom stereocenters. The van der Waals surface area contributed by atoms with E-state index in [1.54, 1.807) is 18.2 Å². The zero-order valence-corrected chi connectivity index (χ0v) is 12.4. The van der Waals surface area contributed by atoms with Crippen LogP contribution in [0.2, 0.25) is 0 Å². The summed E-state index contributed by atoms with van der Waals surface area (Å²) in [7, 11) is 0. The van der Waals surface area contributed by atoms with Crippen LogP contribution in [0.15, 0.2) is 42.6 Å². The molecule has 1 aromatic carbocycles. The molecule has 2 N–H and O–H groups in total. The summed E-state index contributed by atoms with van der Waals surface area (Å²) in [5.41, 5.74) is 1.45. The van der Waals surface area contributed by atoms with Crippen LogP contribution in [0.25, 0.3) is 0 Å². The Labute approximate surface area is 129 Å². The van der Waals surface area contributed by atoms with Gasteiger partial charge in [-0.15, -0.1) is 0 Å². The van der Waals surface area contributed by atoms with Crippen molar-refractivity contribution >= 4 is 11.6 Å². The van der Waals surface area contributed by atoms with E-state index in [2.05, 4.69) is 21.3 Å². The molecule has 2 heterocycles. The fourth-order valence-electron chi connectivity index (χ4n) is 3.02. The highest BCUT2D eigenvalue weighted by atomic mass is 19.1. The van der Waals surface area contributed by atoms with Crippen molar-refractivity contribution in [3.63, 3.8) is 0 Å². The topological polar surface area (TPSA) is 48.1 Å². The van der Waals surface area contributed by atoms with Gasteiger partial charge in [-0.2, -0.15) is 0 Å². The van der Waals surface area contributed by atoms with E-state index in [9.17, 15) is 9.18 Å². The summed E-state index contributed by atoms with van der Waals surface area (Å²) in [5, 5.41) is 2.64. The van der Waals surface area contributed by atoms with E-state index in [1.165, 1.54) is 11.8 Å². The Bertz CT molecular complexity index is 627. The second kappa shape index (κ2) is 6.75. The Morgan fingerprint density at radius 2 is 2.18 bits per heavy atom. The summed E-state index contributed by atoms with van der Waals surface area (Å²) in [5.74, 6) is -0.552. The molecule has 2 aromatic rings. The molecule has 0 aliphatic carbocycles. The van der Waals surface area contributed by atoms with Gasteiger partial charge in [0, 0.05) is 30.9 Å². The second-order valence-corrected chi connectivity index (χ2v) is 5.60. The van der Waals surface area contributed by atoms with Gasteiger partial charge in [-0.1, -0.05) is 12.1 Å². The highest BCUT2D eigenvalue weighted by Crippen LogP contribution is 2.30. The largest absolute Gasteiger partial charge is 0.364 e. The zero-order chi connectivity index (χ0) is 15.4. The van der Waals surface area contributed by atoms with Crippen LogP contribution in [0, 0.1) is 5.82 Å². The van der Waals surface area contributed by atoms with E-state index in [-0.39, 0.29) is 11.6 Å². The van der Waals surface area contributed by atoms with Gasteiger partial charge in [-0.3, -0.25) is 9.69 Å². The average molecular weight is 301 g/mol. The van der Waals surface area contributed by atoms with Crippen LogP contribution in [0.3, 0.4) is 0 Å². The van der Waals surface area contributed by atoms with E-state index >= 15 is 0 Å². The number of hydrogen-bond donors (Lipinski definition) is 2. The van der Waals surface area contributed by atoms with E-state index in [1.807, 2.05) is 12.3 Å². The maximum atomic E-state index is 13.5. The molecule has 5 heteroatoms. The lowest BCUT2D eigenvalue weighted by molar-refractivity contribution is -0.116. The molecule has 0 saturated carbocycles. The number of nitrogens with one attached hydrogen (secondary N) is 2. The number of para-hydroxylation sites is 1. The second-order valence-electron chi connectivity index (χ2n) is 5.60. The van der Waals surface area contributed by atoms with Crippen molar-refractivity contribution in [3.8, 4) is 0 Å². The maximum absolute atomic E-state index is 13.5. The van der Waals surface area contributed by atoms with Gasteiger partial charge in [0.15, 0.2) is 0 Å². The van der Waals surface area contributed by atoms with Crippen LogP contribution in [-0.2, 0) is 4.79 Å². The number of halogens is 1. The number of benzene rings is 1. The van der Waals surface area contributed by atoms with Crippen LogP contribution >= 0.6 is 0 Å². The lowest BCUT2D eigenvalue weighted by atomic mass is 10.1. The molecule has 1 aliphatic heterocycles. The SMILES string of the molecule is O=C(CCN1CCCC1c1ccc[nH]1)Nc1ccccc1F. The number of rotatable bonds is 5. The number of H-pyrrole nitrogens is 1. The van der Waals surface area contributed by atoms with Crippen molar-refractivity contribution in [2.75, 3.05) is 18.4 Å². The molecule has 4 nitrogen and oxygen atoms in total. The molecule has 1 amide bonds. The van der Waals surface area contributed by atoms with Crippen molar-refractivity contribution in [1.29, 1.82) is 0 Å². The molecule has 0 bridgehead atoms. The number of likely N-dealkylation sites (tertiary alicyclic amines) is 1. The molecule has 1 unspecified atom stereocenters. The molecule has 1 aromatic heterocycles. The smallest absolute Gasteiger partial charge is 0.225 e. The van der Waals surface area contributed by atoms with Crippen LogP contribution in [-0.4, -0.2) is 28.9 Å². The van der Waals surface area contributed by atoms with E-state index in [0.29, 0.717) is 19.0 Å². The molecular weight excluding hydrogens is 281 g/mol. The molecule has 0 radical (unpaired) electrons. The summed E-state index contributed by atoms with van der Waals surface area (Å²) < 4.78 is 13.5. The summed E-state index contributed by atoms with van der Waals surface area (Å²) >= 11 is 0. The van der Waals surface area contributed by atoms with Gasteiger partial charge in [0.2, 0.25) is 5.91 Å². The van der Waals surface area contributed by atoms with Crippen LogP contribution in [0.1, 0.15) is 31.0 Å². The zero-order valence-electron chi connectivity index (χ0n) is 12.4. The summed E-state index contributed by atoms with van der Waals surface area (Å²) in [6.07, 6.45) is 4.54. The van der Waals surface area contributed by atoms with E-state index < -0.39 is 5.82 Å². The molecule has 22 heavy (non-hydrogen) atoms. The van der Waals surface area contributed by atoms with Gasteiger partial charge in [-0.05, 0) is 43.7 Å². The molecule has 1 saturated heterocycles. The molecule has 3 rings (SSSR count). The highest BCUT2D eigenvalue weighted by molar-refractivity contribution is 5.90. The van der Waals surface area contributed by atoms with Crippen LogP contribution in [0.4, 0.5) is 10.1 Å². The first kappa shape index (κ1) is 14.8. The summed E-state index contributed by atoms with van der Waals surface area (Å²) in [4.78, 5) is 17.6. The van der Waals surface area contributed by atoms with Gasteiger partial charge in [0.1, 0.15) is 5.82 Å². The average Bonchev–Trinajstić information content (AvgIpc) is 3.18. The molecule has 0 spiro atoms. The van der Waals surface area contributed by atoms with Crippen molar-refractivity contribution in [3.05, 3.63) is 54.1 Å². The minimum atomic E-state index is -0.402. The number of carbonyl (C=O) groups excluding carboxylic acids is 1. The number of aromatic nitrogens is 1. The van der Waals surface area contributed by atoms with Crippen LogP contribution < -0.4 is 5.32 Å². The monoisotopic (exact) mass is 301 g/mol. The first-order valence-electron chi connectivity index (χ1n) is 7.66. The fraction of sp³-hybridized carbons (Fsp3) is 0.353. The molecule has 1 aliphatic rings. The first-order chi connectivity index (χ1) is 10.7. The Kier molecular flexibility index (Phi) is 4.53. The standard InChI is InChI=1S/C17H20FN3O/c18-13-5-1-2-6-14(13)20-17(22)9-12-21-11-4-8-16(21)15-7-3-10-19-15/h1-3,5-7,10,16,19H,4,8-9,11-12H2,(H,20,22). The Morgan fingerprint density at radius 1 is 1.32 bits per heavy atom. The number of amides is 1. The summed E-state index contributed by atoms with van der Waals surface area (Å²) in [6, 6.07) is 10.7. The van der Waals surface area contributed by atoms with Crippen molar-refractivity contribution in [1.82, 2.24) is 9.88 Å². The van der Waals surface area contributed by atoms with Crippen molar-refractivity contribution in [2.45, 2.75) is 25.3 Å². The number of nitrogens with zero attached hydrogens (tertiary/aromatic N) is 1. The predicted octanol–water partition coefficient (Wildman–Crippen LogP) is 3.32. The Morgan fingerprint density at radius 3 is 2.95 bits per heavy atom. The Hall–Kier alpha value is -2.14. The lowest BCUT2D eigenvalue weighted by Gasteiger charge is -2.23. The molecule has 116 valence electrons. The maximum Gasteiger partial charge on any atom is 0.225 e. The quantitative estimate of drug-likeness (QED) is 0.890. The number of aromatic amines is 1. The highest BCUT2D eigenvalue weighted by Gasteiger charge is 2.26. The first-order valence-corrected chi connectivity index (χ1v) is 7.66. The van der Waals surface area contributed by atoms with Gasteiger partial charge >= 0.3 is 0 Å². The molecular formula is C17H20FN3O. The predicted molar refractivity (Wildman–Crippen MR) is 84.0 cm³/mol. The third-order valence-electron chi connectivity index (χ3n) is 4.12. The van der Waals surface area contributed by atoms with Gasteiger partial charge in [-0.25, -0.2) is 4.39 Å². The van der Waals surface area contributed by atoms with Gasteiger partial charge in [0.05, 0.1) is 5.69 Å². The fourth-order valence-corrected chi connectivity index (χ4v) is 3.02. The number of carbonyl (C=O) groups is 1. The minimum absolute atomic E-state index is 0.151. The van der Waals surface area contributed by atoms with Gasteiger partial charge in [0.25, 0.3) is 0 Å². The van der Waals surface area contributed by atoms with Gasteiger partial charge < -0.3 is 10.3 Å². The normalized spacial score (nSPS) is 18.5. The minimum Gasteiger partial charge on any atom is -0.364 e.